The van der Waals surface area contributed by atoms with Crippen LogP contribution in [0.15, 0.2) is 85.0 Å². The molecule has 0 aliphatic carbocycles. The Bertz CT molecular complexity index is 1890. The Morgan fingerprint density at radius 1 is 1.22 bits per heavy atom. The zero-order valence-electron chi connectivity index (χ0n) is 22.4. The number of thioether (sulfide) groups is 1. The van der Waals surface area contributed by atoms with Gasteiger partial charge in [0.25, 0.3) is 5.56 Å². The molecule has 210 valence electrons. The van der Waals surface area contributed by atoms with E-state index in [9.17, 15) is 24.1 Å². The molecule has 0 bridgehead atoms. The third-order valence-corrected chi connectivity index (χ3v) is 8.07. The Kier molecular flexibility index (Phi) is 7.78. The topological polar surface area (TPSA) is 117 Å². The first-order valence-corrected chi connectivity index (χ1v) is 14.5. The number of carbonyl (C=O) groups excluding carboxylic acids is 1. The molecular weight excluding hydrogens is 569 g/mol. The van der Waals surface area contributed by atoms with E-state index < -0.39 is 28.4 Å². The van der Waals surface area contributed by atoms with Crippen molar-refractivity contribution in [1.82, 2.24) is 4.57 Å². The summed E-state index contributed by atoms with van der Waals surface area (Å²) in [7, 11) is 0. The highest BCUT2D eigenvalue weighted by atomic mass is 32.2. The molecular formula is C29H24FN3O6S2. The van der Waals surface area contributed by atoms with Crippen LogP contribution in [0.2, 0.25) is 0 Å². The fourth-order valence-electron chi connectivity index (χ4n) is 4.48. The maximum atomic E-state index is 13.8. The quantitative estimate of drug-likeness (QED) is 0.125. The van der Waals surface area contributed by atoms with Crippen LogP contribution in [0.3, 0.4) is 0 Å². The van der Waals surface area contributed by atoms with Crippen molar-refractivity contribution in [3.05, 3.63) is 113 Å². The number of ether oxygens (including phenoxy) is 1. The van der Waals surface area contributed by atoms with Gasteiger partial charge < -0.3 is 9.15 Å². The fraction of sp³-hybridized carbons (Fsp3) is 0.207. The van der Waals surface area contributed by atoms with Crippen LogP contribution in [-0.2, 0) is 9.53 Å². The molecule has 3 heterocycles. The van der Waals surface area contributed by atoms with Crippen molar-refractivity contribution in [2.24, 2.45) is 4.99 Å². The van der Waals surface area contributed by atoms with Gasteiger partial charge in [-0.15, -0.1) is 11.8 Å². The third kappa shape index (κ3) is 5.52. The number of hydrogen-bond donors (Lipinski definition) is 0. The second kappa shape index (κ2) is 11.3. The van der Waals surface area contributed by atoms with Gasteiger partial charge in [0.05, 0.1) is 32.9 Å². The number of thiazole rings is 1. The molecule has 41 heavy (non-hydrogen) atoms. The number of fused-ring (bicyclic) bond motifs is 1. The number of esters is 1. The van der Waals surface area contributed by atoms with Gasteiger partial charge in [-0.25, -0.2) is 9.79 Å². The van der Waals surface area contributed by atoms with E-state index in [1.807, 2.05) is 30.5 Å². The molecule has 5 rings (SSSR count). The highest BCUT2D eigenvalue weighted by molar-refractivity contribution is 7.98. The van der Waals surface area contributed by atoms with E-state index in [0.29, 0.717) is 26.4 Å². The minimum absolute atomic E-state index is 0.272. The van der Waals surface area contributed by atoms with Crippen molar-refractivity contribution in [1.29, 1.82) is 0 Å². The fourth-order valence-corrected chi connectivity index (χ4v) is 5.92. The third-order valence-electron chi connectivity index (χ3n) is 6.34. The van der Waals surface area contributed by atoms with Gasteiger partial charge in [-0.1, -0.05) is 23.5 Å². The molecule has 1 atom stereocenters. The number of hydrogen-bond acceptors (Lipinski definition) is 9. The van der Waals surface area contributed by atoms with Crippen LogP contribution in [0.1, 0.15) is 38.1 Å². The number of nitro benzene ring substituents is 1. The van der Waals surface area contributed by atoms with Gasteiger partial charge in [-0.3, -0.25) is 19.5 Å². The Morgan fingerprint density at radius 3 is 2.61 bits per heavy atom. The van der Waals surface area contributed by atoms with E-state index in [2.05, 4.69) is 4.99 Å². The molecule has 0 amide bonds. The van der Waals surface area contributed by atoms with Crippen molar-refractivity contribution >= 4 is 40.8 Å². The number of nitro groups is 1. The van der Waals surface area contributed by atoms with E-state index >= 15 is 0 Å². The Labute approximate surface area is 241 Å². The van der Waals surface area contributed by atoms with E-state index in [1.54, 1.807) is 50.7 Å². The lowest BCUT2D eigenvalue weighted by Gasteiger charge is -2.25. The summed E-state index contributed by atoms with van der Waals surface area (Å²) in [5.41, 5.74) is 0.760. The van der Waals surface area contributed by atoms with Crippen molar-refractivity contribution in [2.45, 2.75) is 37.8 Å². The minimum Gasteiger partial charge on any atom is -0.459 e. The van der Waals surface area contributed by atoms with Crippen LogP contribution in [-0.4, -0.2) is 27.8 Å². The molecule has 0 fully saturated rings. The first-order chi connectivity index (χ1) is 19.6. The molecule has 0 radical (unpaired) electrons. The normalized spacial score (nSPS) is 15.2. The monoisotopic (exact) mass is 593 g/mol. The van der Waals surface area contributed by atoms with Gasteiger partial charge in [0.1, 0.15) is 11.5 Å². The van der Waals surface area contributed by atoms with E-state index in [4.69, 9.17) is 9.15 Å². The predicted octanol–water partition coefficient (Wildman–Crippen LogP) is 5.22. The summed E-state index contributed by atoms with van der Waals surface area (Å²) >= 11 is 2.73. The number of halogens is 1. The molecule has 2 aromatic heterocycles. The van der Waals surface area contributed by atoms with E-state index in [1.165, 1.54) is 10.6 Å². The second-order valence-corrected chi connectivity index (χ2v) is 11.3. The highest BCUT2D eigenvalue weighted by Gasteiger charge is 2.33. The molecule has 0 saturated heterocycles. The Hall–Kier alpha value is -4.29. The smallest absolute Gasteiger partial charge is 0.338 e. The lowest BCUT2D eigenvalue weighted by atomic mass is 9.96. The predicted molar refractivity (Wildman–Crippen MR) is 154 cm³/mol. The first-order valence-electron chi connectivity index (χ1n) is 12.5. The Morgan fingerprint density at radius 2 is 1.95 bits per heavy atom. The number of aromatic nitrogens is 1. The second-order valence-electron chi connectivity index (χ2n) is 9.43. The average Bonchev–Trinajstić information content (AvgIpc) is 3.52. The summed E-state index contributed by atoms with van der Waals surface area (Å²) in [5.74, 6) is -0.906. The number of rotatable bonds is 7. The van der Waals surface area contributed by atoms with Gasteiger partial charge in [-0.05, 0) is 69.0 Å². The molecule has 2 aromatic carbocycles. The lowest BCUT2D eigenvalue weighted by Crippen LogP contribution is -2.40. The lowest BCUT2D eigenvalue weighted by molar-refractivity contribution is -0.387. The largest absolute Gasteiger partial charge is 0.459 e. The van der Waals surface area contributed by atoms with Crippen molar-refractivity contribution in [3.8, 4) is 11.3 Å². The van der Waals surface area contributed by atoms with Gasteiger partial charge >= 0.3 is 11.7 Å². The van der Waals surface area contributed by atoms with Gasteiger partial charge in [-0.2, -0.15) is 4.39 Å². The SMILES string of the molecule is CSc1ccc([C@@H]2C(C(=O)OC(C)C)=C(C)N=c3s/c(=C\c4ccc(-c5ccc(F)c([N+](=O)[O-])c5)o4)c(=O)n32)cc1. The maximum absolute atomic E-state index is 13.8. The molecule has 4 aromatic rings. The molecule has 9 nitrogen and oxygen atoms in total. The van der Waals surface area contributed by atoms with Crippen LogP contribution in [0, 0.1) is 15.9 Å². The molecule has 0 spiro atoms. The number of carbonyl (C=O) groups is 1. The zero-order chi connectivity index (χ0) is 29.4. The standard InChI is InChI=1S/C29H24FN3O6S2/c1-15(2)38-28(35)25-16(3)31-29-32(26(25)17-5-9-20(40-4)10-6-17)27(34)24(41-29)14-19-8-12-23(39-19)18-7-11-21(30)22(13-18)33(36)37/h5-15,26H,1-4H3/b24-14-/t26-/m1/s1. The molecule has 1 aliphatic heterocycles. The molecule has 1 aliphatic rings. The molecule has 0 unspecified atom stereocenters. The maximum Gasteiger partial charge on any atom is 0.338 e. The van der Waals surface area contributed by atoms with Gasteiger partial charge in [0.15, 0.2) is 4.80 Å². The van der Waals surface area contributed by atoms with Gasteiger partial charge in [0, 0.05) is 22.6 Å². The van der Waals surface area contributed by atoms with Crippen LogP contribution in [0.5, 0.6) is 0 Å². The van der Waals surface area contributed by atoms with Crippen LogP contribution >= 0.6 is 23.1 Å². The molecule has 0 N–H and O–H groups in total. The molecule has 0 saturated carbocycles. The van der Waals surface area contributed by atoms with Crippen LogP contribution < -0.4 is 14.9 Å². The Balaban J connectivity index is 1.61. The summed E-state index contributed by atoms with van der Waals surface area (Å²) < 4.78 is 27.0. The average molecular weight is 594 g/mol. The first kappa shape index (κ1) is 28.2. The summed E-state index contributed by atoms with van der Waals surface area (Å²) in [4.78, 5) is 43.4. The van der Waals surface area contributed by atoms with E-state index in [-0.39, 0.29) is 23.0 Å². The minimum atomic E-state index is -0.948. The molecule has 12 heteroatoms. The number of nitrogens with zero attached hydrogens (tertiary/aromatic N) is 3. The van der Waals surface area contributed by atoms with Crippen molar-refractivity contribution < 1.29 is 23.3 Å². The number of furan rings is 1. The number of benzene rings is 2. The summed E-state index contributed by atoms with van der Waals surface area (Å²) in [6.07, 6.45) is 3.15. The zero-order valence-corrected chi connectivity index (χ0v) is 24.0. The van der Waals surface area contributed by atoms with Crippen LogP contribution in [0.25, 0.3) is 17.4 Å². The number of allylic oxidation sites excluding steroid dienone is 1. The van der Waals surface area contributed by atoms with Crippen LogP contribution in [0.4, 0.5) is 10.1 Å². The van der Waals surface area contributed by atoms with Crippen molar-refractivity contribution in [3.63, 3.8) is 0 Å². The van der Waals surface area contributed by atoms with E-state index in [0.717, 1.165) is 33.9 Å². The van der Waals surface area contributed by atoms with Gasteiger partial charge in [0.2, 0.25) is 5.82 Å². The highest BCUT2D eigenvalue weighted by Crippen LogP contribution is 2.32. The summed E-state index contributed by atoms with van der Waals surface area (Å²) in [6.45, 7) is 5.23. The van der Waals surface area contributed by atoms with Crippen molar-refractivity contribution in [2.75, 3.05) is 6.26 Å². The summed E-state index contributed by atoms with van der Waals surface area (Å²) in [6, 6.07) is 13.5. The summed E-state index contributed by atoms with van der Waals surface area (Å²) in [5, 5.41) is 11.1.